The monoisotopic (exact) mass is 246 g/mol. The summed E-state index contributed by atoms with van der Waals surface area (Å²) in [6, 6.07) is 2.07. The number of hydrogen-bond acceptors (Lipinski definition) is 2. The Morgan fingerprint density at radius 1 is 1.22 bits per heavy atom. The van der Waals surface area contributed by atoms with Gasteiger partial charge in [-0.3, -0.25) is 0 Å². The molecule has 0 amide bonds. The van der Waals surface area contributed by atoms with Crippen molar-refractivity contribution >= 4 is 0 Å². The van der Waals surface area contributed by atoms with E-state index in [9.17, 15) is 5.11 Å². The van der Waals surface area contributed by atoms with Gasteiger partial charge in [0, 0.05) is 11.1 Å². The highest BCUT2D eigenvalue weighted by Gasteiger charge is 2.42. The molecule has 1 spiro atoms. The van der Waals surface area contributed by atoms with Crippen molar-refractivity contribution in [2.45, 2.75) is 64.4 Å². The van der Waals surface area contributed by atoms with Gasteiger partial charge in [0.2, 0.25) is 0 Å². The molecule has 0 unspecified atom stereocenters. The molecule has 1 aliphatic carbocycles. The summed E-state index contributed by atoms with van der Waals surface area (Å²) in [5.41, 5.74) is 3.53. The van der Waals surface area contributed by atoms with Crippen LogP contribution < -0.4 is 4.74 Å². The van der Waals surface area contributed by atoms with E-state index in [1.54, 1.807) is 0 Å². The second-order valence-electron chi connectivity index (χ2n) is 5.69. The normalized spacial score (nSPS) is 20.1. The fraction of sp³-hybridized carbons (Fsp3) is 0.625. The Kier molecular flexibility index (Phi) is 2.76. The third-order valence-corrected chi connectivity index (χ3v) is 4.71. The van der Waals surface area contributed by atoms with Gasteiger partial charge in [0.1, 0.15) is 17.1 Å². The summed E-state index contributed by atoms with van der Waals surface area (Å²) in [5, 5.41) is 10.3. The van der Waals surface area contributed by atoms with E-state index in [2.05, 4.69) is 19.9 Å². The molecule has 0 saturated heterocycles. The van der Waals surface area contributed by atoms with Crippen molar-refractivity contribution in [3.8, 4) is 11.5 Å². The molecule has 98 valence electrons. The molecule has 0 atom stereocenters. The first-order chi connectivity index (χ1) is 8.69. The van der Waals surface area contributed by atoms with Crippen molar-refractivity contribution < 1.29 is 9.84 Å². The van der Waals surface area contributed by atoms with Crippen LogP contribution in [0.2, 0.25) is 0 Å². The molecule has 2 nitrogen and oxygen atoms in total. The smallest absolute Gasteiger partial charge is 0.124 e. The van der Waals surface area contributed by atoms with E-state index in [1.807, 2.05) is 0 Å². The zero-order valence-corrected chi connectivity index (χ0v) is 11.4. The second kappa shape index (κ2) is 4.18. The first-order valence-corrected chi connectivity index (χ1v) is 7.24. The van der Waals surface area contributed by atoms with Gasteiger partial charge in [-0.1, -0.05) is 13.8 Å². The van der Waals surface area contributed by atoms with Crippen LogP contribution in [-0.2, 0) is 19.3 Å². The summed E-state index contributed by atoms with van der Waals surface area (Å²) in [6.07, 6.45) is 7.65. The van der Waals surface area contributed by atoms with Crippen molar-refractivity contribution in [1.29, 1.82) is 0 Å². The third-order valence-electron chi connectivity index (χ3n) is 4.71. The molecule has 3 rings (SSSR count). The van der Waals surface area contributed by atoms with Crippen LogP contribution in [-0.4, -0.2) is 10.7 Å². The number of fused-ring (bicyclic) bond motifs is 1. The minimum absolute atomic E-state index is 0.139. The minimum Gasteiger partial charge on any atom is -0.507 e. The molecule has 18 heavy (non-hydrogen) atoms. The summed E-state index contributed by atoms with van der Waals surface area (Å²) in [5.74, 6) is 1.55. The predicted molar refractivity (Wildman–Crippen MR) is 72.4 cm³/mol. The number of hydrogen-bond donors (Lipinski definition) is 1. The van der Waals surface area contributed by atoms with Gasteiger partial charge in [-0.15, -0.1) is 0 Å². The topological polar surface area (TPSA) is 29.5 Å². The van der Waals surface area contributed by atoms with E-state index in [0.29, 0.717) is 5.75 Å². The zero-order chi connectivity index (χ0) is 12.8. The van der Waals surface area contributed by atoms with Crippen LogP contribution in [0.15, 0.2) is 6.07 Å². The maximum absolute atomic E-state index is 10.3. The number of phenolic OH excluding ortho intramolecular Hbond substituents is 1. The highest BCUT2D eigenvalue weighted by molar-refractivity contribution is 5.54. The average molecular weight is 246 g/mol. The van der Waals surface area contributed by atoms with E-state index in [-0.39, 0.29) is 5.60 Å². The minimum atomic E-state index is 0.139. The molecule has 1 aromatic carbocycles. The lowest BCUT2D eigenvalue weighted by molar-refractivity contribution is -0.0252. The zero-order valence-electron chi connectivity index (χ0n) is 11.4. The molecule has 0 aromatic heterocycles. The van der Waals surface area contributed by atoms with Crippen LogP contribution in [0, 0.1) is 0 Å². The molecule has 1 heterocycles. The number of phenols is 1. The Balaban J connectivity index is 2.06. The molecule has 1 saturated carbocycles. The summed E-state index contributed by atoms with van der Waals surface area (Å²) in [7, 11) is 0. The van der Waals surface area contributed by atoms with Crippen LogP contribution >= 0.6 is 0 Å². The molecule has 0 bridgehead atoms. The number of ether oxygens (including phenoxy) is 1. The molecule has 1 N–H and O–H groups in total. The number of rotatable bonds is 2. The van der Waals surface area contributed by atoms with Crippen LogP contribution in [0.4, 0.5) is 0 Å². The average Bonchev–Trinajstić information content (AvgIpc) is 2.35. The Morgan fingerprint density at radius 2 is 2.00 bits per heavy atom. The van der Waals surface area contributed by atoms with Crippen molar-refractivity contribution in [1.82, 2.24) is 0 Å². The molecular weight excluding hydrogens is 224 g/mol. The molecule has 1 fully saturated rings. The van der Waals surface area contributed by atoms with Gasteiger partial charge in [0.25, 0.3) is 0 Å². The maximum atomic E-state index is 10.3. The number of aryl methyl sites for hydroxylation is 1. The van der Waals surface area contributed by atoms with E-state index >= 15 is 0 Å². The van der Waals surface area contributed by atoms with Crippen molar-refractivity contribution in [2.75, 3.05) is 0 Å². The fourth-order valence-electron chi connectivity index (χ4n) is 3.37. The van der Waals surface area contributed by atoms with E-state index in [0.717, 1.165) is 42.6 Å². The van der Waals surface area contributed by atoms with Crippen molar-refractivity contribution in [2.24, 2.45) is 0 Å². The van der Waals surface area contributed by atoms with Crippen molar-refractivity contribution in [3.63, 3.8) is 0 Å². The van der Waals surface area contributed by atoms with E-state index in [1.165, 1.54) is 24.8 Å². The Morgan fingerprint density at radius 3 is 2.56 bits per heavy atom. The van der Waals surface area contributed by atoms with Gasteiger partial charge in [0.15, 0.2) is 0 Å². The molecule has 0 radical (unpaired) electrons. The largest absolute Gasteiger partial charge is 0.507 e. The Hall–Kier alpha value is -1.18. The van der Waals surface area contributed by atoms with Gasteiger partial charge >= 0.3 is 0 Å². The fourth-order valence-corrected chi connectivity index (χ4v) is 3.37. The van der Waals surface area contributed by atoms with Crippen molar-refractivity contribution in [3.05, 3.63) is 22.8 Å². The lowest BCUT2D eigenvalue weighted by Crippen LogP contribution is -2.45. The lowest BCUT2D eigenvalue weighted by Gasteiger charge is -2.45. The summed E-state index contributed by atoms with van der Waals surface area (Å²) >= 11 is 0. The van der Waals surface area contributed by atoms with E-state index < -0.39 is 0 Å². The molecule has 2 heteroatoms. The van der Waals surface area contributed by atoms with Crippen LogP contribution in [0.3, 0.4) is 0 Å². The number of aromatic hydroxyl groups is 1. The lowest BCUT2D eigenvalue weighted by atomic mass is 9.74. The summed E-state index contributed by atoms with van der Waals surface area (Å²) < 4.78 is 6.28. The molecule has 2 aliphatic rings. The quantitative estimate of drug-likeness (QED) is 0.860. The van der Waals surface area contributed by atoms with Gasteiger partial charge in [-0.05, 0) is 56.6 Å². The third kappa shape index (κ3) is 1.62. The van der Waals surface area contributed by atoms with Crippen LogP contribution in [0.5, 0.6) is 11.5 Å². The number of benzene rings is 1. The Bertz CT molecular complexity index is 472. The highest BCUT2D eigenvalue weighted by atomic mass is 16.5. The second-order valence-corrected chi connectivity index (χ2v) is 5.69. The highest BCUT2D eigenvalue weighted by Crippen LogP contribution is 2.47. The van der Waals surface area contributed by atoms with Gasteiger partial charge < -0.3 is 9.84 Å². The molecular formula is C16H22O2. The standard InChI is InChI=1S/C16H22O2/c1-3-11-10-14-13(12(4-2)15(11)17)6-9-16(18-14)7-5-8-16/h10,17H,3-9H2,1-2H3. The molecule has 1 aromatic rings. The first kappa shape index (κ1) is 11.9. The van der Waals surface area contributed by atoms with Gasteiger partial charge in [0.05, 0.1) is 0 Å². The Labute approximate surface area is 109 Å². The first-order valence-electron chi connectivity index (χ1n) is 7.24. The van der Waals surface area contributed by atoms with Gasteiger partial charge in [-0.2, -0.15) is 0 Å². The van der Waals surface area contributed by atoms with Gasteiger partial charge in [-0.25, -0.2) is 0 Å². The maximum Gasteiger partial charge on any atom is 0.124 e. The predicted octanol–water partition coefficient (Wildman–Crippen LogP) is 3.76. The van der Waals surface area contributed by atoms with Crippen LogP contribution in [0.25, 0.3) is 0 Å². The summed E-state index contributed by atoms with van der Waals surface area (Å²) in [6.45, 7) is 4.20. The molecule has 1 aliphatic heterocycles. The van der Waals surface area contributed by atoms with Crippen LogP contribution in [0.1, 0.15) is 56.2 Å². The van der Waals surface area contributed by atoms with E-state index in [4.69, 9.17) is 4.74 Å². The SMILES string of the molecule is CCc1cc2c(c(CC)c1O)CCC1(CCC1)O2. The summed E-state index contributed by atoms with van der Waals surface area (Å²) in [4.78, 5) is 0.